The molecule has 0 atom stereocenters. The molecule has 0 spiro atoms. The molecule has 2 aromatic rings. The molecule has 0 fully saturated rings. The first-order valence-electron chi connectivity index (χ1n) is 7.87. The summed E-state index contributed by atoms with van der Waals surface area (Å²) in [6.07, 6.45) is -0.558. The van der Waals surface area contributed by atoms with Crippen LogP contribution in [0.4, 0.5) is 19.0 Å². The van der Waals surface area contributed by atoms with Gasteiger partial charge in [-0.2, -0.15) is 23.4 Å². The summed E-state index contributed by atoms with van der Waals surface area (Å²) in [7, 11) is 0. The zero-order valence-corrected chi connectivity index (χ0v) is 13.2. The Morgan fingerprint density at radius 2 is 2.04 bits per heavy atom. The number of hydrogen-bond acceptors (Lipinski definition) is 3. The minimum absolute atomic E-state index is 0.236. The summed E-state index contributed by atoms with van der Waals surface area (Å²) in [4.78, 5) is 12.2. The lowest BCUT2D eigenvalue weighted by atomic mass is 9.95. The van der Waals surface area contributed by atoms with E-state index in [4.69, 9.17) is 0 Å². The minimum atomic E-state index is -4.50. The van der Waals surface area contributed by atoms with E-state index in [2.05, 4.69) is 15.5 Å². The van der Waals surface area contributed by atoms with E-state index in [0.29, 0.717) is 37.3 Å². The van der Waals surface area contributed by atoms with Gasteiger partial charge in [0, 0.05) is 23.9 Å². The number of anilines is 1. The van der Waals surface area contributed by atoms with E-state index < -0.39 is 17.8 Å². The SMILES string of the molecule is CCn1nccc1NC(=O)Cn1nc(C(F)(F)F)c2c1CCCC2. The molecule has 1 N–H and O–H groups in total. The first-order valence-corrected chi connectivity index (χ1v) is 7.87. The van der Waals surface area contributed by atoms with Gasteiger partial charge in [-0.1, -0.05) is 0 Å². The standard InChI is InChI=1S/C15H18F3N5O/c1-2-22-12(7-8-19-22)20-13(24)9-23-11-6-4-3-5-10(11)14(21-23)15(16,17)18/h7-8H,2-6,9H2,1H3,(H,20,24). The molecule has 0 saturated heterocycles. The van der Waals surface area contributed by atoms with Crippen LogP contribution in [0.1, 0.15) is 36.7 Å². The molecule has 1 aliphatic carbocycles. The van der Waals surface area contributed by atoms with Crippen LogP contribution >= 0.6 is 0 Å². The third-order valence-corrected chi connectivity index (χ3v) is 4.10. The second-order valence-electron chi connectivity index (χ2n) is 5.72. The Bertz CT molecular complexity index is 747. The van der Waals surface area contributed by atoms with Crippen molar-refractivity contribution in [1.82, 2.24) is 19.6 Å². The van der Waals surface area contributed by atoms with E-state index in [0.717, 1.165) is 6.42 Å². The molecule has 1 amide bonds. The number of nitrogens with one attached hydrogen (secondary N) is 1. The van der Waals surface area contributed by atoms with Crippen LogP contribution in [0.3, 0.4) is 0 Å². The number of carbonyl (C=O) groups is 1. The highest BCUT2D eigenvalue weighted by Gasteiger charge is 2.39. The lowest BCUT2D eigenvalue weighted by molar-refractivity contribution is -0.142. The van der Waals surface area contributed by atoms with Gasteiger partial charge in [0.05, 0.1) is 6.20 Å². The highest BCUT2D eigenvalue weighted by atomic mass is 19.4. The second kappa shape index (κ2) is 6.29. The van der Waals surface area contributed by atoms with E-state index in [9.17, 15) is 18.0 Å². The largest absolute Gasteiger partial charge is 0.435 e. The van der Waals surface area contributed by atoms with Crippen molar-refractivity contribution >= 4 is 11.7 Å². The van der Waals surface area contributed by atoms with Crippen molar-refractivity contribution in [2.75, 3.05) is 5.32 Å². The topological polar surface area (TPSA) is 64.7 Å². The van der Waals surface area contributed by atoms with Crippen molar-refractivity contribution < 1.29 is 18.0 Å². The quantitative estimate of drug-likeness (QED) is 0.930. The lowest BCUT2D eigenvalue weighted by Gasteiger charge is -2.14. The number of rotatable bonds is 4. The Morgan fingerprint density at radius 1 is 1.29 bits per heavy atom. The lowest BCUT2D eigenvalue weighted by Crippen LogP contribution is -2.23. The van der Waals surface area contributed by atoms with E-state index in [-0.39, 0.29) is 12.1 Å². The van der Waals surface area contributed by atoms with Crippen LogP contribution in [0.25, 0.3) is 0 Å². The first kappa shape index (κ1) is 16.5. The van der Waals surface area contributed by atoms with Crippen LogP contribution in [-0.2, 0) is 36.9 Å². The van der Waals surface area contributed by atoms with Crippen LogP contribution in [0.2, 0.25) is 0 Å². The van der Waals surface area contributed by atoms with Gasteiger partial charge >= 0.3 is 6.18 Å². The molecule has 9 heteroatoms. The number of carbonyl (C=O) groups excluding carboxylic acids is 1. The summed E-state index contributed by atoms with van der Waals surface area (Å²) in [5.41, 5.74) is -0.100. The Kier molecular flexibility index (Phi) is 4.33. The van der Waals surface area contributed by atoms with Crippen LogP contribution in [0, 0.1) is 0 Å². The smallest absolute Gasteiger partial charge is 0.309 e. The molecule has 1 aliphatic rings. The monoisotopic (exact) mass is 341 g/mol. The molecule has 0 aliphatic heterocycles. The second-order valence-corrected chi connectivity index (χ2v) is 5.72. The van der Waals surface area contributed by atoms with Gasteiger partial charge in [-0.3, -0.25) is 9.48 Å². The molecule has 130 valence electrons. The fourth-order valence-electron chi connectivity index (χ4n) is 3.04. The molecule has 2 heterocycles. The fraction of sp³-hybridized carbons (Fsp3) is 0.533. The van der Waals surface area contributed by atoms with Crippen molar-refractivity contribution in [1.29, 1.82) is 0 Å². The number of amides is 1. The Morgan fingerprint density at radius 3 is 2.75 bits per heavy atom. The van der Waals surface area contributed by atoms with Crippen LogP contribution < -0.4 is 5.32 Å². The highest BCUT2D eigenvalue weighted by Crippen LogP contribution is 2.35. The zero-order valence-electron chi connectivity index (χ0n) is 13.2. The molecule has 3 rings (SSSR count). The Balaban J connectivity index is 1.82. The average Bonchev–Trinajstić information content (AvgIpc) is 3.11. The van der Waals surface area contributed by atoms with Crippen molar-refractivity contribution in [3.8, 4) is 0 Å². The number of fused-ring (bicyclic) bond motifs is 1. The third kappa shape index (κ3) is 3.15. The number of hydrogen-bond donors (Lipinski definition) is 1. The predicted molar refractivity (Wildman–Crippen MR) is 80.4 cm³/mol. The third-order valence-electron chi connectivity index (χ3n) is 4.10. The number of nitrogens with zero attached hydrogens (tertiary/aromatic N) is 4. The van der Waals surface area contributed by atoms with E-state index in [1.165, 1.54) is 4.68 Å². The molecule has 0 radical (unpaired) electrons. The van der Waals surface area contributed by atoms with E-state index in [1.807, 2.05) is 6.92 Å². The summed E-state index contributed by atoms with van der Waals surface area (Å²) < 4.78 is 42.2. The maximum Gasteiger partial charge on any atom is 0.435 e. The minimum Gasteiger partial charge on any atom is -0.309 e. The van der Waals surface area contributed by atoms with Gasteiger partial charge in [-0.05, 0) is 32.6 Å². The number of aryl methyl sites for hydroxylation is 1. The van der Waals surface area contributed by atoms with E-state index >= 15 is 0 Å². The van der Waals surface area contributed by atoms with Gasteiger partial charge in [0.15, 0.2) is 5.69 Å². The highest BCUT2D eigenvalue weighted by molar-refractivity contribution is 5.89. The molecule has 2 aromatic heterocycles. The molecular formula is C15H18F3N5O. The van der Waals surface area contributed by atoms with E-state index in [1.54, 1.807) is 16.9 Å². The van der Waals surface area contributed by atoms with Crippen LogP contribution in [0.15, 0.2) is 12.3 Å². The molecular weight excluding hydrogens is 323 g/mol. The molecule has 6 nitrogen and oxygen atoms in total. The zero-order chi connectivity index (χ0) is 17.3. The number of alkyl halides is 3. The molecule has 24 heavy (non-hydrogen) atoms. The fourth-order valence-corrected chi connectivity index (χ4v) is 3.04. The number of aromatic nitrogens is 4. The van der Waals surface area contributed by atoms with Crippen LogP contribution in [-0.4, -0.2) is 25.5 Å². The van der Waals surface area contributed by atoms with Crippen molar-refractivity contribution in [2.24, 2.45) is 0 Å². The normalized spacial score (nSPS) is 14.5. The molecule has 0 saturated carbocycles. The maximum atomic E-state index is 13.1. The predicted octanol–water partition coefficient (Wildman–Crippen LogP) is 2.64. The van der Waals surface area contributed by atoms with Crippen LogP contribution in [0.5, 0.6) is 0 Å². The summed E-state index contributed by atoms with van der Waals surface area (Å²) in [6.45, 7) is 2.22. The summed E-state index contributed by atoms with van der Waals surface area (Å²) in [5.74, 6) is 0.0920. The van der Waals surface area contributed by atoms with Crippen molar-refractivity contribution in [3.05, 3.63) is 29.2 Å². The van der Waals surface area contributed by atoms with Gasteiger partial charge in [0.1, 0.15) is 12.4 Å². The molecule has 0 aromatic carbocycles. The first-order chi connectivity index (χ1) is 11.4. The van der Waals surface area contributed by atoms with Gasteiger partial charge in [0.2, 0.25) is 5.91 Å². The number of halogens is 3. The summed E-state index contributed by atoms with van der Waals surface area (Å²) in [5, 5.41) is 10.4. The van der Waals surface area contributed by atoms with Gasteiger partial charge in [-0.15, -0.1) is 0 Å². The Hall–Kier alpha value is -2.32. The molecule has 0 unspecified atom stereocenters. The van der Waals surface area contributed by atoms with Gasteiger partial charge in [0.25, 0.3) is 0 Å². The average molecular weight is 341 g/mol. The van der Waals surface area contributed by atoms with Gasteiger partial charge in [-0.25, -0.2) is 4.68 Å². The van der Waals surface area contributed by atoms with Gasteiger partial charge < -0.3 is 5.32 Å². The molecule has 0 bridgehead atoms. The Labute approximate surface area is 136 Å². The summed E-state index contributed by atoms with van der Waals surface area (Å²) >= 11 is 0. The van der Waals surface area contributed by atoms with Crippen molar-refractivity contribution in [2.45, 2.75) is 51.9 Å². The summed E-state index contributed by atoms with van der Waals surface area (Å²) in [6, 6.07) is 1.64. The maximum absolute atomic E-state index is 13.1. The van der Waals surface area contributed by atoms with Crippen molar-refractivity contribution in [3.63, 3.8) is 0 Å².